The van der Waals surface area contributed by atoms with Crippen molar-refractivity contribution >= 4 is 24.0 Å². The summed E-state index contributed by atoms with van der Waals surface area (Å²) in [6.07, 6.45) is 0.645. The van der Waals surface area contributed by atoms with Crippen LogP contribution >= 0.6 is 0 Å². The molecule has 1 unspecified atom stereocenters. The van der Waals surface area contributed by atoms with Gasteiger partial charge in [-0.15, -0.1) is 0 Å². The monoisotopic (exact) mass is 524 g/mol. The van der Waals surface area contributed by atoms with Crippen molar-refractivity contribution in [2.45, 2.75) is 31.3 Å². The molecular weight excluding hydrogens is 489 g/mol. The molecule has 1 fully saturated rings. The Hall–Kier alpha value is -1.23. The van der Waals surface area contributed by atoms with Gasteiger partial charge in [0.05, 0.1) is 0 Å². The van der Waals surface area contributed by atoms with Crippen molar-refractivity contribution in [2.24, 2.45) is 0 Å². The number of ether oxygens (including phenoxy) is 1. The van der Waals surface area contributed by atoms with Gasteiger partial charge in [-0.1, -0.05) is 60.7 Å². The fourth-order valence-electron chi connectivity index (χ4n) is 4.84. The SMILES string of the molecule is CO[Si](OC)(OC)[Si]1([Si](OC)(OC)OC)CCCC(OC(c2ccccc2)c2ccccc2)O1. The van der Waals surface area contributed by atoms with Gasteiger partial charge in [0.15, 0.2) is 0 Å². The van der Waals surface area contributed by atoms with E-state index < -0.39 is 30.3 Å². The lowest BCUT2D eigenvalue weighted by molar-refractivity contribution is -0.126. The Morgan fingerprint density at radius 1 is 0.706 bits per heavy atom. The van der Waals surface area contributed by atoms with Crippen molar-refractivity contribution in [1.29, 1.82) is 0 Å². The van der Waals surface area contributed by atoms with Crippen molar-refractivity contribution in [2.75, 3.05) is 42.7 Å². The molecule has 3 rings (SSSR count). The molecule has 0 saturated carbocycles. The van der Waals surface area contributed by atoms with E-state index in [4.69, 9.17) is 35.7 Å². The highest BCUT2D eigenvalue weighted by Crippen LogP contribution is 2.43. The van der Waals surface area contributed by atoms with Crippen LogP contribution in [0.15, 0.2) is 60.7 Å². The van der Waals surface area contributed by atoms with Crippen LogP contribution in [0.3, 0.4) is 0 Å². The number of hydrogen-bond donors (Lipinski definition) is 0. The third kappa shape index (κ3) is 4.88. The Bertz CT molecular complexity index is 789. The molecule has 0 aliphatic carbocycles. The summed E-state index contributed by atoms with van der Waals surface area (Å²) in [5.41, 5.74) is 2.08. The molecule has 0 bridgehead atoms. The summed E-state index contributed by atoms with van der Waals surface area (Å²) in [5.74, 6) is 0. The van der Waals surface area contributed by atoms with Gasteiger partial charge in [-0.25, -0.2) is 0 Å². The first-order valence-corrected chi connectivity index (χ1v) is 18.8. The minimum Gasteiger partial charge on any atom is -0.382 e. The van der Waals surface area contributed by atoms with Gasteiger partial charge in [0.1, 0.15) is 12.4 Å². The Labute approximate surface area is 205 Å². The molecule has 188 valence electrons. The second-order valence-corrected chi connectivity index (χ2v) is 25.0. The van der Waals surface area contributed by atoms with E-state index in [9.17, 15) is 0 Å². The van der Waals surface area contributed by atoms with Gasteiger partial charge in [-0.2, -0.15) is 0 Å². The van der Waals surface area contributed by atoms with E-state index in [0.717, 1.165) is 17.5 Å². The summed E-state index contributed by atoms with van der Waals surface area (Å²) >= 11 is 0. The van der Waals surface area contributed by atoms with Crippen molar-refractivity contribution in [3.63, 3.8) is 0 Å². The van der Waals surface area contributed by atoms with E-state index in [1.165, 1.54) is 0 Å². The second kappa shape index (κ2) is 12.1. The van der Waals surface area contributed by atoms with Gasteiger partial charge >= 0.3 is 24.0 Å². The molecule has 34 heavy (non-hydrogen) atoms. The Balaban J connectivity index is 2.05. The van der Waals surface area contributed by atoms with E-state index in [2.05, 4.69) is 24.3 Å². The van der Waals surface area contributed by atoms with Crippen molar-refractivity contribution in [1.82, 2.24) is 0 Å². The highest BCUT2D eigenvalue weighted by atomic mass is 29.7. The topological polar surface area (TPSA) is 73.8 Å². The summed E-state index contributed by atoms with van der Waals surface area (Å²) in [4.78, 5) is 0. The highest BCUT2D eigenvalue weighted by molar-refractivity contribution is 7.60. The maximum atomic E-state index is 6.91. The van der Waals surface area contributed by atoms with Gasteiger partial charge in [-0.3, -0.25) is 0 Å². The fourth-order valence-corrected chi connectivity index (χ4v) is 31.0. The van der Waals surface area contributed by atoms with Crippen LogP contribution in [0.25, 0.3) is 0 Å². The third-order valence-corrected chi connectivity index (χ3v) is 30.6. The molecule has 1 heterocycles. The normalized spacial score (nSPS) is 18.9. The van der Waals surface area contributed by atoms with Crippen LogP contribution in [0.2, 0.25) is 6.04 Å². The van der Waals surface area contributed by atoms with Gasteiger partial charge in [0.25, 0.3) is 0 Å². The zero-order valence-electron chi connectivity index (χ0n) is 20.8. The largest absolute Gasteiger partial charge is 0.508 e. The lowest BCUT2D eigenvalue weighted by atomic mass is 10.0. The summed E-state index contributed by atoms with van der Waals surface area (Å²) in [6, 6.07) is 20.9. The van der Waals surface area contributed by atoms with E-state index in [-0.39, 0.29) is 6.10 Å². The van der Waals surface area contributed by atoms with Gasteiger partial charge in [-0.05, 0) is 30.0 Å². The van der Waals surface area contributed by atoms with E-state index in [1.54, 1.807) is 42.7 Å². The van der Waals surface area contributed by atoms with Crippen LogP contribution in [0.5, 0.6) is 0 Å². The number of hydrogen-bond acceptors (Lipinski definition) is 8. The predicted octanol–water partition coefficient (Wildman–Crippen LogP) is 3.79. The minimum absolute atomic E-state index is 0.315. The molecule has 1 atom stereocenters. The zero-order chi connectivity index (χ0) is 24.7. The zero-order valence-corrected chi connectivity index (χ0v) is 23.8. The van der Waals surface area contributed by atoms with Crippen LogP contribution in [0, 0.1) is 0 Å². The van der Waals surface area contributed by atoms with Crippen molar-refractivity contribution < 1.29 is 35.7 Å². The van der Waals surface area contributed by atoms with Crippen LogP contribution in [0.1, 0.15) is 30.1 Å². The molecule has 1 saturated heterocycles. The molecular formula is C23H36O8Si3. The number of benzene rings is 2. The molecule has 1 aliphatic rings. The number of rotatable bonds is 12. The molecule has 0 spiro atoms. The average molecular weight is 525 g/mol. The van der Waals surface area contributed by atoms with Crippen LogP contribution in [-0.4, -0.2) is 72.9 Å². The summed E-state index contributed by atoms with van der Waals surface area (Å²) in [6.45, 7) is 0. The molecule has 1 aliphatic heterocycles. The molecule has 0 radical (unpaired) electrons. The smallest absolute Gasteiger partial charge is 0.382 e. The highest BCUT2D eigenvalue weighted by Gasteiger charge is 2.82. The van der Waals surface area contributed by atoms with Gasteiger partial charge < -0.3 is 35.7 Å². The lowest BCUT2D eigenvalue weighted by Gasteiger charge is -2.50. The molecule has 0 N–H and O–H groups in total. The summed E-state index contributed by atoms with van der Waals surface area (Å²) in [7, 11) is -0.549. The Morgan fingerprint density at radius 3 is 1.50 bits per heavy atom. The maximum absolute atomic E-state index is 6.91. The first kappa shape index (κ1) is 27.4. The Kier molecular flexibility index (Phi) is 9.77. The van der Waals surface area contributed by atoms with E-state index in [1.807, 2.05) is 36.4 Å². The molecule has 11 heteroatoms. The van der Waals surface area contributed by atoms with E-state index in [0.29, 0.717) is 12.5 Å². The predicted molar refractivity (Wildman–Crippen MR) is 134 cm³/mol. The average Bonchev–Trinajstić information content (AvgIpc) is 2.91. The first-order valence-electron chi connectivity index (χ1n) is 11.2. The Morgan fingerprint density at radius 2 is 1.12 bits per heavy atom. The molecule has 2 aromatic carbocycles. The van der Waals surface area contributed by atoms with Crippen LogP contribution in [0.4, 0.5) is 0 Å². The van der Waals surface area contributed by atoms with Crippen molar-refractivity contribution in [3.05, 3.63) is 71.8 Å². The van der Waals surface area contributed by atoms with Gasteiger partial charge in [0, 0.05) is 42.7 Å². The van der Waals surface area contributed by atoms with Crippen LogP contribution in [-0.2, 0) is 35.7 Å². The molecule has 8 nitrogen and oxygen atoms in total. The van der Waals surface area contributed by atoms with Crippen LogP contribution < -0.4 is 0 Å². The summed E-state index contributed by atoms with van der Waals surface area (Å²) in [5, 5.41) is 0. The fraction of sp³-hybridized carbons (Fsp3) is 0.478. The van der Waals surface area contributed by atoms with Gasteiger partial charge in [0.2, 0.25) is 0 Å². The summed E-state index contributed by atoms with van der Waals surface area (Å²) < 4.78 is 49.5. The maximum Gasteiger partial charge on any atom is 0.508 e. The molecule has 0 amide bonds. The standard InChI is InChI=1S/C23H36O8Si3/c1-24-33(25-2,26-3)32(34(27-4,28-5)29-6)19-13-18-22(31-32)30-23(20-14-9-7-10-15-20)21-16-11-8-12-17-21/h7-12,14-17,22-23H,13,18-19H2,1-6H3. The van der Waals surface area contributed by atoms with Crippen molar-refractivity contribution in [3.8, 4) is 0 Å². The quantitative estimate of drug-likeness (QED) is 0.389. The molecule has 0 aromatic heterocycles. The third-order valence-electron chi connectivity index (χ3n) is 6.40. The first-order chi connectivity index (χ1) is 16.5. The lowest BCUT2D eigenvalue weighted by Crippen LogP contribution is -2.85. The second-order valence-electron chi connectivity index (χ2n) is 7.94. The molecule has 2 aromatic rings. The minimum atomic E-state index is -3.39. The van der Waals surface area contributed by atoms with E-state index >= 15 is 0 Å².